The number of non-ortho nitro benzene ring substituents is 1. The highest BCUT2D eigenvalue weighted by molar-refractivity contribution is 6.34. The van der Waals surface area contributed by atoms with Crippen LogP contribution in [-0.2, 0) is 4.79 Å². The molecule has 10 nitrogen and oxygen atoms in total. The summed E-state index contributed by atoms with van der Waals surface area (Å²) < 4.78 is 0. The van der Waals surface area contributed by atoms with E-state index in [9.17, 15) is 20.2 Å². The molecule has 1 aliphatic rings. The van der Waals surface area contributed by atoms with Crippen LogP contribution in [0.4, 0.5) is 17.3 Å². The molecule has 0 radical (unpaired) electrons. The summed E-state index contributed by atoms with van der Waals surface area (Å²) in [6.07, 6.45) is 4.82. The first-order valence-corrected chi connectivity index (χ1v) is 8.99. The summed E-state index contributed by atoms with van der Waals surface area (Å²) in [5.41, 5.74) is -0.276. The third-order valence-electron chi connectivity index (χ3n) is 4.23. The minimum Gasteiger partial charge on any atom is -0.373 e. The van der Waals surface area contributed by atoms with Gasteiger partial charge in [0.25, 0.3) is 11.6 Å². The summed E-state index contributed by atoms with van der Waals surface area (Å²) >= 11 is 5.99. The van der Waals surface area contributed by atoms with Gasteiger partial charge in [0.15, 0.2) is 0 Å². The van der Waals surface area contributed by atoms with Crippen LogP contribution in [0.1, 0.15) is 0 Å². The highest BCUT2D eigenvalue weighted by atomic mass is 35.5. The van der Waals surface area contributed by atoms with E-state index in [1.54, 1.807) is 18.5 Å². The molecule has 1 amide bonds. The van der Waals surface area contributed by atoms with Crippen LogP contribution in [0.5, 0.6) is 0 Å². The molecule has 0 saturated carbocycles. The van der Waals surface area contributed by atoms with Crippen molar-refractivity contribution in [2.24, 2.45) is 0 Å². The Balaban J connectivity index is 1.66. The summed E-state index contributed by atoms with van der Waals surface area (Å²) in [6.45, 7) is 2.43. The van der Waals surface area contributed by atoms with Gasteiger partial charge in [0.1, 0.15) is 11.6 Å². The van der Waals surface area contributed by atoms with E-state index in [-0.39, 0.29) is 22.0 Å². The van der Waals surface area contributed by atoms with Crippen molar-refractivity contribution in [2.75, 3.05) is 36.4 Å². The fourth-order valence-corrected chi connectivity index (χ4v) is 2.90. The molecule has 3 rings (SSSR count). The number of hydrogen-bond donors (Lipinski definition) is 1. The number of nitriles is 1. The molecule has 1 fully saturated rings. The van der Waals surface area contributed by atoms with E-state index < -0.39 is 10.8 Å². The minimum absolute atomic E-state index is 0.0677. The van der Waals surface area contributed by atoms with Crippen molar-refractivity contribution >= 4 is 34.8 Å². The average molecular weight is 414 g/mol. The number of hydrogen-bond acceptors (Lipinski definition) is 8. The molecule has 0 spiro atoms. The van der Waals surface area contributed by atoms with E-state index in [1.807, 2.05) is 15.9 Å². The SMILES string of the molecule is N#C/C(=C/N1CCN(c2ncccn2)CC1)C(=O)Nc1cc([N+](=O)[O-])ccc1Cl. The second-order valence-electron chi connectivity index (χ2n) is 6.10. The quantitative estimate of drug-likeness (QED) is 0.342. The molecule has 0 bridgehead atoms. The molecule has 1 aromatic carbocycles. The number of anilines is 2. The molecular weight excluding hydrogens is 398 g/mol. The molecule has 0 unspecified atom stereocenters. The van der Waals surface area contributed by atoms with Gasteiger partial charge in [-0.25, -0.2) is 9.97 Å². The van der Waals surface area contributed by atoms with Crippen molar-refractivity contribution in [2.45, 2.75) is 0 Å². The van der Waals surface area contributed by atoms with Crippen molar-refractivity contribution in [3.05, 3.63) is 63.6 Å². The predicted octanol–water partition coefficient (Wildman–Crippen LogP) is 2.21. The highest BCUT2D eigenvalue weighted by Gasteiger charge is 2.20. The summed E-state index contributed by atoms with van der Waals surface area (Å²) in [5.74, 6) is -0.0570. The van der Waals surface area contributed by atoms with E-state index >= 15 is 0 Å². The Hall–Kier alpha value is -3.71. The fraction of sp³-hybridized carbons (Fsp3) is 0.222. The Bertz CT molecular complexity index is 983. The third kappa shape index (κ3) is 4.97. The smallest absolute Gasteiger partial charge is 0.271 e. The molecule has 0 atom stereocenters. The van der Waals surface area contributed by atoms with E-state index in [1.165, 1.54) is 18.3 Å². The topological polar surface area (TPSA) is 128 Å². The Morgan fingerprint density at radius 3 is 2.59 bits per heavy atom. The largest absolute Gasteiger partial charge is 0.373 e. The third-order valence-corrected chi connectivity index (χ3v) is 4.56. The van der Waals surface area contributed by atoms with Gasteiger partial charge in [0, 0.05) is 56.9 Å². The van der Waals surface area contributed by atoms with Crippen LogP contribution in [0, 0.1) is 21.4 Å². The number of nitrogens with zero attached hydrogens (tertiary/aromatic N) is 6. The van der Waals surface area contributed by atoms with E-state index in [2.05, 4.69) is 15.3 Å². The first-order valence-electron chi connectivity index (χ1n) is 8.61. The number of nitrogens with one attached hydrogen (secondary N) is 1. The zero-order chi connectivity index (χ0) is 20.8. The molecule has 1 N–H and O–H groups in total. The highest BCUT2D eigenvalue weighted by Crippen LogP contribution is 2.27. The number of nitro groups is 1. The molecule has 2 heterocycles. The summed E-state index contributed by atoms with van der Waals surface area (Å²) in [7, 11) is 0. The lowest BCUT2D eigenvalue weighted by molar-refractivity contribution is -0.384. The molecule has 2 aromatic rings. The molecule has 29 heavy (non-hydrogen) atoms. The van der Waals surface area contributed by atoms with Crippen molar-refractivity contribution in [3.63, 3.8) is 0 Å². The predicted molar refractivity (Wildman–Crippen MR) is 106 cm³/mol. The average Bonchev–Trinajstić information content (AvgIpc) is 2.74. The molecule has 1 aromatic heterocycles. The number of nitro benzene ring substituents is 1. The molecule has 1 aliphatic heterocycles. The van der Waals surface area contributed by atoms with Gasteiger partial charge in [-0.3, -0.25) is 14.9 Å². The first-order chi connectivity index (χ1) is 14.0. The maximum Gasteiger partial charge on any atom is 0.271 e. The zero-order valence-corrected chi connectivity index (χ0v) is 15.9. The standard InChI is InChI=1S/C18H16ClN7O3/c19-15-3-2-14(26(28)29)10-16(15)23-17(27)13(11-20)12-24-6-8-25(9-7-24)18-21-4-1-5-22-18/h1-5,10,12H,6-9H2,(H,23,27)/b13-12-. The van der Waals surface area contributed by atoms with Crippen LogP contribution in [0.2, 0.25) is 5.02 Å². The van der Waals surface area contributed by atoms with Crippen LogP contribution in [0.3, 0.4) is 0 Å². The Morgan fingerprint density at radius 2 is 1.97 bits per heavy atom. The monoisotopic (exact) mass is 413 g/mol. The van der Waals surface area contributed by atoms with Gasteiger partial charge in [0.2, 0.25) is 5.95 Å². The van der Waals surface area contributed by atoms with Crippen molar-refractivity contribution in [1.82, 2.24) is 14.9 Å². The van der Waals surface area contributed by atoms with Gasteiger partial charge >= 0.3 is 0 Å². The normalized spacial score (nSPS) is 14.3. The number of rotatable bonds is 5. The molecular formula is C18H16ClN7O3. The number of piperazine rings is 1. The lowest BCUT2D eigenvalue weighted by Gasteiger charge is -2.34. The summed E-state index contributed by atoms with van der Waals surface area (Å²) in [4.78, 5) is 35.0. The van der Waals surface area contributed by atoms with E-state index in [0.29, 0.717) is 32.1 Å². The lowest BCUT2D eigenvalue weighted by Crippen LogP contribution is -2.45. The van der Waals surface area contributed by atoms with Crippen LogP contribution < -0.4 is 10.2 Å². The number of amides is 1. The maximum atomic E-state index is 12.4. The van der Waals surface area contributed by atoms with Crippen molar-refractivity contribution in [1.29, 1.82) is 5.26 Å². The van der Waals surface area contributed by atoms with E-state index in [4.69, 9.17) is 11.6 Å². The maximum absolute atomic E-state index is 12.4. The van der Waals surface area contributed by atoms with Gasteiger partial charge in [-0.05, 0) is 12.1 Å². The van der Waals surface area contributed by atoms with Gasteiger partial charge in [-0.2, -0.15) is 5.26 Å². The van der Waals surface area contributed by atoms with Gasteiger partial charge in [0.05, 0.1) is 15.6 Å². The van der Waals surface area contributed by atoms with Crippen LogP contribution >= 0.6 is 11.6 Å². The Kier molecular flexibility index (Phi) is 6.21. The fourth-order valence-electron chi connectivity index (χ4n) is 2.74. The van der Waals surface area contributed by atoms with Crippen LogP contribution in [0.15, 0.2) is 48.4 Å². The van der Waals surface area contributed by atoms with Crippen LogP contribution in [0.25, 0.3) is 0 Å². The van der Waals surface area contributed by atoms with Gasteiger partial charge < -0.3 is 15.1 Å². The van der Waals surface area contributed by atoms with Crippen molar-refractivity contribution < 1.29 is 9.72 Å². The number of aromatic nitrogens is 2. The molecule has 11 heteroatoms. The minimum atomic E-state index is -0.691. The molecule has 148 valence electrons. The lowest BCUT2D eigenvalue weighted by atomic mass is 10.2. The van der Waals surface area contributed by atoms with Crippen molar-refractivity contribution in [3.8, 4) is 6.07 Å². The number of benzene rings is 1. The second kappa shape index (κ2) is 8.99. The molecule has 0 aliphatic carbocycles. The molecule has 1 saturated heterocycles. The first kappa shape index (κ1) is 20.0. The Labute approximate surface area is 171 Å². The van der Waals surface area contributed by atoms with Gasteiger partial charge in [-0.1, -0.05) is 11.6 Å². The number of carbonyl (C=O) groups excluding carboxylic acids is 1. The number of halogens is 1. The van der Waals surface area contributed by atoms with E-state index in [0.717, 1.165) is 6.07 Å². The number of carbonyl (C=O) groups is 1. The van der Waals surface area contributed by atoms with Crippen LogP contribution in [-0.4, -0.2) is 51.9 Å². The second-order valence-corrected chi connectivity index (χ2v) is 6.51. The van der Waals surface area contributed by atoms with Gasteiger partial charge in [-0.15, -0.1) is 0 Å². The summed E-state index contributed by atoms with van der Waals surface area (Å²) in [6, 6.07) is 7.30. The Morgan fingerprint density at radius 1 is 1.28 bits per heavy atom. The summed E-state index contributed by atoms with van der Waals surface area (Å²) in [5, 5.41) is 22.9. The zero-order valence-electron chi connectivity index (χ0n) is 15.2.